The van der Waals surface area contributed by atoms with Crippen molar-refractivity contribution in [2.45, 2.75) is 39.3 Å². The second-order valence-corrected chi connectivity index (χ2v) is 8.15. The van der Waals surface area contributed by atoms with Gasteiger partial charge >= 0.3 is 0 Å². The van der Waals surface area contributed by atoms with Crippen molar-refractivity contribution in [3.8, 4) is 0 Å². The van der Waals surface area contributed by atoms with Gasteiger partial charge in [0.2, 0.25) is 0 Å². The summed E-state index contributed by atoms with van der Waals surface area (Å²) in [5, 5.41) is 5.60. The van der Waals surface area contributed by atoms with Crippen LogP contribution in [0.5, 0.6) is 0 Å². The van der Waals surface area contributed by atoms with Gasteiger partial charge in [-0.05, 0) is 32.3 Å². The number of hydrogen-bond acceptors (Lipinski definition) is 6. The Bertz CT molecular complexity index is 770. The van der Waals surface area contributed by atoms with E-state index in [9.17, 15) is 4.79 Å². The average molecular weight is 359 g/mol. The number of thiazole rings is 1. The standard InChI is InChI=1S/C18H25N5OS/c1-14-5-6-18(24)23(20-14)12-11-21-7-9-22(10-8-21)13-17-19-15-3-2-4-16(15)25-17/h5-6H,2-4,7-13H2,1H3. The molecule has 0 atom stereocenters. The van der Waals surface area contributed by atoms with Crippen molar-refractivity contribution < 1.29 is 0 Å². The van der Waals surface area contributed by atoms with E-state index in [2.05, 4.69) is 14.9 Å². The molecule has 1 aliphatic carbocycles. The van der Waals surface area contributed by atoms with E-state index in [0.717, 1.165) is 45.0 Å². The van der Waals surface area contributed by atoms with Gasteiger partial charge in [0.1, 0.15) is 5.01 Å². The normalized spacial score (nSPS) is 18.6. The smallest absolute Gasteiger partial charge is 0.266 e. The summed E-state index contributed by atoms with van der Waals surface area (Å²) in [6.45, 7) is 8.70. The van der Waals surface area contributed by atoms with Crippen molar-refractivity contribution in [1.29, 1.82) is 0 Å². The maximum absolute atomic E-state index is 11.8. The highest BCUT2D eigenvalue weighted by atomic mass is 32.1. The molecule has 0 unspecified atom stereocenters. The number of nitrogens with zero attached hydrogens (tertiary/aromatic N) is 5. The lowest BCUT2D eigenvalue weighted by Gasteiger charge is -2.34. The minimum atomic E-state index is -0.0129. The van der Waals surface area contributed by atoms with Crippen LogP contribution in [0.3, 0.4) is 0 Å². The molecule has 25 heavy (non-hydrogen) atoms. The van der Waals surface area contributed by atoms with Crippen molar-refractivity contribution in [3.63, 3.8) is 0 Å². The molecule has 0 amide bonds. The van der Waals surface area contributed by atoms with Gasteiger partial charge in [0.15, 0.2) is 0 Å². The SMILES string of the molecule is Cc1ccc(=O)n(CCN2CCN(Cc3nc4c(s3)CCC4)CC2)n1. The first-order valence-electron chi connectivity index (χ1n) is 9.14. The van der Waals surface area contributed by atoms with Gasteiger partial charge < -0.3 is 0 Å². The summed E-state index contributed by atoms with van der Waals surface area (Å²) < 4.78 is 1.58. The number of piperazine rings is 1. The molecule has 2 aliphatic rings. The maximum Gasteiger partial charge on any atom is 0.266 e. The molecular formula is C18H25N5OS. The maximum atomic E-state index is 11.8. The summed E-state index contributed by atoms with van der Waals surface area (Å²) in [5.74, 6) is 0. The van der Waals surface area contributed by atoms with Gasteiger partial charge in [0, 0.05) is 43.7 Å². The van der Waals surface area contributed by atoms with Gasteiger partial charge in [-0.25, -0.2) is 9.67 Å². The zero-order valence-corrected chi connectivity index (χ0v) is 15.6. The van der Waals surface area contributed by atoms with Crippen LogP contribution in [0.15, 0.2) is 16.9 Å². The van der Waals surface area contributed by atoms with Gasteiger partial charge in [-0.2, -0.15) is 5.10 Å². The summed E-state index contributed by atoms with van der Waals surface area (Å²) in [6, 6.07) is 3.37. The largest absolute Gasteiger partial charge is 0.299 e. The van der Waals surface area contributed by atoms with E-state index in [0.29, 0.717) is 6.54 Å². The monoisotopic (exact) mass is 359 g/mol. The number of rotatable bonds is 5. The third-order valence-corrected chi connectivity index (χ3v) is 6.23. The highest BCUT2D eigenvalue weighted by Crippen LogP contribution is 2.28. The molecule has 2 aromatic rings. The van der Waals surface area contributed by atoms with Crippen molar-refractivity contribution in [2.75, 3.05) is 32.7 Å². The van der Waals surface area contributed by atoms with E-state index < -0.39 is 0 Å². The first-order chi connectivity index (χ1) is 12.2. The first-order valence-corrected chi connectivity index (χ1v) is 9.96. The zero-order valence-electron chi connectivity index (χ0n) is 14.8. The molecular weight excluding hydrogens is 334 g/mol. The fourth-order valence-electron chi connectivity index (χ4n) is 3.62. The van der Waals surface area contributed by atoms with Crippen molar-refractivity contribution in [1.82, 2.24) is 24.6 Å². The van der Waals surface area contributed by atoms with Gasteiger partial charge in [-0.3, -0.25) is 14.6 Å². The van der Waals surface area contributed by atoms with Crippen LogP contribution in [0.1, 0.15) is 27.7 Å². The van der Waals surface area contributed by atoms with Crippen LogP contribution in [-0.4, -0.2) is 57.3 Å². The molecule has 1 fully saturated rings. The predicted molar refractivity (Wildman–Crippen MR) is 99.1 cm³/mol. The Morgan fingerprint density at radius 2 is 1.88 bits per heavy atom. The van der Waals surface area contributed by atoms with Crippen LogP contribution in [0, 0.1) is 6.92 Å². The summed E-state index contributed by atoms with van der Waals surface area (Å²) in [5.41, 5.74) is 2.23. The van der Waals surface area contributed by atoms with E-state index in [1.807, 2.05) is 18.3 Å². The second kappa shape index (κ2) is 7.35. The molecule has 134 valence electrons. The van der Waals surface area contributed by atoms with Crippen molar-refractivity contribution in [2.24, 2.45) is 0 Å². The van der Waals surface area contributed by atoms with E-state index >= 15 is 0 Å². The van der Waals surface area contributed by atoms with Crippen LogP contribution in [0.25, 0.3) is 0 Å². The molecule has 7 heteroatoms. The van der Waals surface area contributed by atoms with E-state index in [1.54, 1.807) is 16.8 Å². The Labute approximate surface area is 152 Å². The highest BCUT2D eigenvalue weighted by molar-refractivity contribution is 7.11. The predicted octanol–water partition coefficient (Wildman–Crippen LogP) is 1.31. The summed E-state index contributed by atoms with van der Waals surface area (Å²) in [6.07, 6.45) is 3.69. The minimum absolute atomic E-state index is 0.0129. The number of hydrogen-bond donors (Lipinski definition) is 0. The third kappa shape index (κ3) is 3.99. The average Bonchev–Trinajstić information content (AvgIpc) is 3.18. The van der Waals surface area contributed by atoms with Gasteiger partial charge in [0.25, 0.3) is 5.56 Å². The Kier molecular flexibility index (Phi) is 4.96. The first kappa shape index (κ1) is 16.9. The van der Waals surface area contributed by atoms with E-state index in [-0.39, 0.29) is 5.56 Å². The topological polar surface area (TPSA) is 54.3 Å². The Balaban J connectivity index is 1.25. The summed E-state index contributed by atoms with van der Waals surface area (Å²) >= 11 is 1.91. The van der Waals surface area contributed by atoms with E-state index in [1.165, 1.54) is 34.8 Å². The van der Waals surface area contributed by atoms with Crippen LogP contribution in [-0.2, 0) is 25.9 Å². The molecule has 2 aromatic heterocycles. The lowest BCUT2D eigenvalue weighted by Crippen LogP contribution is -2.47. The highest BCUT2D eigenvalue weighted by Gasteiger charge is 2.21. The zero-order chi connectivity index (χ0) is 17.2. The van der Waals surface area contributed by atoms with Gasteiger partial charge in [0.05, 0.1) is 24.5 Å². The molecule has 0 saturated carbocycles. The number of aryl methyl sites for hydroxylation is 3. The van der Waals surface area contributed by atoms with Crippen LogP contribution >= 0.6 is 11.3 Å². The fraction of sp³-hybridized carbons (Fsp3) is 0.611. The summed E-state index contributed by atoms with van der Waals surface area (Å²) in [4.78, 5) is 23.1. The molecule has 6 nitrogen and oxygen atoms in total. The van der Waals surface area contributed by atoms with Crippen molar-refractivity contribution >= 4 is 11.3 Å². The summed E-state index contributed by atoms with van der Waals surface area (Å²) in [7, 11) is 0. The van der Waals surface area contributed by atoms with Crippen LogP contribution in [0.2, 0.25) is 0 Å². The fourth-order valence-corrected chi connectivity index (χ4v) is 4.82. The molecule has 0 spiro atoms. The van der Waals surface area contributed by atoms with Gasteiger partial charge in [-0.15, -0.1) is 11.3 Å². The quantitative estimate of drug-likeness (QED) is 0.806. The minimum Gasteiger partial charge on any atom is -0.299 e. The Morgan fingerprint density at radius 1 is 1.08 bits per heavy atom. The third-order valence-electron chi connectivity index (χ3n) is 5.09. The molecule has 3 heterocycles. The Hall–Kier alpha value is -1.57. The van der Waals surface area contributed by atoms with Gasteiger partial charge in [-0.1, -0.05) is 0 Å². The van der Waals surface area contributed by atoms with Crippen LogP contribution < -0.4 is 5.56 Å². The lowest BCUT2D eigenvalue weighted by molar-refractivity contribution is 0.122. The molecule has 0 radical (unpaired) electrons. The lowest BCUT2D eigenvalue weighted by atomic mass is 10.3. The molecule has 1 saturated heterocycles. The second-order valence-electron chi connectivity index (χ2n) is 6.98. The molecule has 1 aliphatic heterocycles. The van der Waals surface area contributed by atoms with Crippen molar-refractivity contribution in [3.05, 3.63) is 43.8 Å². The number of fused-ring (bicyclic) bond motifs is 1. The number of aromatic nitrogens is 3. The Morgan fingerprint density at radius 3 is 2.68 bits per heavy atom. The molecule has 4 rings (SSSR count). The molecule has 0 N–H and O–H groups in total. The molecule has 0 aromatic carbocycles. The van der Waals surface area contributed by atoms with Crippen LogP contribution in [0.4, 0.5) is 0 Å². The molecule has 0 bridgehead atoms. The van der Waals surface area contributed by atoms with E-state index in [4.69, 9.17) is 4.98 Å².